The van der Waals surface area contributed by atoms with Gasteiger partial charge in [-0.15, -0.1) is 0 Å². The minimum atomic E-state index is -0.411. The lowest BCUT2D eigenvalue weighted by molar-refractivity contribution is -0.128. The fourth-order valence-corrected chi connectivity index (χ4v) is 2.12. The Morgan fingerprint density at radius 2 is 1.96 bits per heavy atom. The Morgan fingerprint density at radius 3 is 2.61 bits per heavy atom. The van der Waals surface area contributed by atoms with Crippen molar-refractivity contribution in [1.82, 2.24) is 5.32 Å². The van der Waals surface area contributed by atoms with Crippen LogP contribution < -0.4 is 15.8 Å². The molecule has 0 atom stereocenters. The number of hydrogen-bond donors (Lipinski definition) is 2. The molecule has 0 radical (unpaired) electrons. The lowest BCUT2D eigenvalue weighted by Gasteiger charge is -2.17. The number of hydrogen-bond acceptors (Lipinski definition) is 3. The maximum absolute atomic E-state index is 11.9. The number of nitrogens with one attached hydrogen (secondary N) is 1. The first-order valence-electron chi connectivity index (χ1n) is 7.36. The monoisotopic (exact) mass is 332 g/mol. The van der Waals surface area contributed by atoms with Crippen LogP contribution in [-0.4, -0.2) is 5.91 Å². The Kier molecular flexibility index (Phi) is 5.16. The molecule has 5 heteroatoms. The quantitative estimate of drug-likeness (QED) is 0.817. The molecular formula is C18H21ClN2O2. The first-order valence-corrected chi connectivity index (χ1v) is 7.73. The number of carbonyl (C=O) groups is 1. The molecule has 4 nitrogen and oxygen atoms in total. The predicted octanol–water partition coefficient (Wildman–Crippen LogP) is 4.38. The molecule has 0 spiro atoms. The summed E-state index contributed by atoms with van der Waals surface area (Å²) >= 11 is 6.11. The van der Waals surface area contributed by atoms with E-state index >= 15 is 0 Å². The van der Waals surface area contributed by atoms with E-state index in [-0.39, 0.29) is 5.91 Å². The SMILES string of the molecule is CC(C)(C)C(=O)NCc1cccc(Oc2ccc(N)cc2Cl)c1. The van der Waals surface area contributed by atoms with Crippen molar-refractivity contribution in [2.24, 2.45) is 5.41 Å². The number of benzene rings is 2. The van der Waals surface area contributed by atoms with Gasteiger partial charge in [-0.3, -0.25) is 4.79 Å². The predicted molar refractivity (Wildman–Crippen MR) is 93.7 cm³/mol. The van der Waals surface area contributed by atoms with E-state index in [0.717, 1.165) is 5.56 Å². The first kappa shape index (κ1) is 17.2. The van der Waals surface area contributed by atoms with Crippen LogP contribution in [-0.2, 0) is 11.3 Å². The largest absolute Gasteiger partial charge is 0.456 e. The zero-order valence-corrected chi connectivity index (χ0v) is 14.3. The molecule has 1 amide bonds. The molecule has 0 fully saturated rings. The fraction of sp³-hybridized carbons (Fsp3) is 0.278. The second-order valence-electron chi connectivity index (χ2n) is 6.37. The van der Waals surface area contributed by atoms with E-state index in [4.69, 9.17) is 22.1 Å². The Bertz CT molecular complexity index is 708. The molecule has 23 heavy (non-hydrogen) atoms. The maximum Gasteiger partial charge on any atom is 0.225 e. The van der Waals surface area contributed by atoms with Crippen LogP contribution >= 0.6 is 11.6 Å². The normalized spacial score (nSPS) is 11.1. The second kappa shape index (κ2) is 6.92. The van der Waals surface area contributed by atoms with Gasteiger partial charge in [-0.2, -0.15) is 0 Å². The van der Waals surface area contributed by atoms with Crippen molar-refractivity contribution < 1.29 is 9.53 Å². The van der Waals surface area contributed by atoms with Gasteiger partial charge in [0.1, 0.15) is 11.5 Å². The highest BCUT2D eigenvalue weighted by Gasteiger charge is 2.20. The lowest BCUT2D eigenvalue weighted by atomic mass is 9.95. The molecule has 0 saturated carbocycles. The van der Waals surface area contributed by atoms with E-state index in [1.165, 1.54) is 0 Å². The van der Waals surface area contributed by atoms with Crippen molar-refractivity contribution in [3.63, 3.8) is 0 Å². The summed E-state index contributed by atoms with van der Waals surface area (Å²) in [6.45, 7) is 6.09. The van der Waals surface area contributed by atoms with Gasteiger partial charge in [-0.1, -0.05) is 44.5 Å². The average molecular weight is 333 g/mol. The molecule has 2 aromatic carbocycles. The number of rotatable bonds is 4. The highest BCUT2D eigenvalue weighted by atomic mass is 35.5. The third-order valence-corrected chi connectivity index (χ3v) is 3.51. The van der Waals surface area contributed by atoms with E-state index in [1.807, 2.05) is 45.0 Å². The molecular weight excluding hydrogens is 312 g/mol. The van der Waals surface area contributed by atoms with Crippen LogP contribution in [0.15, 0.2) is 42.5 Å². The zero-order chi connectivity index (χ0) is 17.0. The molecule has 0 bridgehead atoms. The van der Waals surface area contributed by atoms with Crippen molar-refractivity contribution in [3.05, 3.63) is 53.1 Å². The van der Waals surface area contributed by atoms with Crippen LogP contribution in [0.3, 0.4) is 0 Å². The molecule has 0 aromatic heterocycles. The smallest absolute Gasteiger partial charge is 0.225 e. The highest BCUT2D eigenvalue weighted by molar-refractivity contribution is 6.32. The number of amides is 1. The molecule has 0 aliphatic carbocycles. The van der Waals surface area contributed by atoms with Crippen LogP contribution in [0.1, 0.15) is 26.3 Å². The Balaban J connectivity index is 2.06. The number of nitrogens with two attached hydrogens (primary N) is 1. The molecule has 3 N–H and O–H groups in total. The van der Waals surface area contributed by atoms with Gasteiger partial charge in [-0.25, -0.2) is 0 Å². The number of anilines is 1. The second-order valence-corrected chi connectivity index (χ2v) is 6.78. The number of carbonyl (C=O) groups excluding carboxylic acids is 1. The van der Waals surface area contributed by atoms with Gasteiger partial charge in [0, 0.05) is 17.6 Å². The van der Waals surface area contributed by atoms with E-state index in [1.54, 1.807) is 18.2 Å². The van der Waals surface area contributed by atoms with Gasteiger partial charge in [0.05, 0.1) is 5.02 Å². The first-order chi connectivity index (χ1) is 10.8. The van der Waals surface area contributed by atoms with Gasteiger partial charge in [-0.05, 0) is 35.9 Å². The summed E-state index contributed by atoms with van der Waals surface area (Å²) in [5.41, 5.74) is 6.79. The van der Waals surface area contributed by atoms with E-state index < -0.39 is 5.41 Å². The molecule has 122 valence electrons. The van der Waals surface area contributed by atoms with E-state index in [2.05, 4.69) is 5.32 Å². The van der Waals surface area contributed by atoms with Gasteiger partial charge >= 0.3 is 0 Å². The third kappa shape index (κ3) is 4.89. The van der Waals surface area contributed by atoms with Crippen molar-refractivity contribution >= 4 is 23.2 Å². The number of ether oxygens (including phenoxy) is 1. The summed E-state index contributed by atoms with van der Waals surface area (Å²) in [7, 11) is 0. The van der Waals surface area contributed by atoms with Gasteiger partial charge in [0.2, 0.25) is 5.91 Å². The zero-order valence-electron chi connectivity index (χ0n) is 13.5. The molecule has 0 unspecified atom stereocenters. The van der Waals surface area contributed by atoms with Crippen LogP contribution in [0.2, 0.25) is 5.02 Å². The van der Waals surface area contributed by atoms with E-state index in [9.17, 15) is 4.79 Å². The van der Waals surface area contributed by atoms with Crippen LogP contribution in [0, 0.1) is 5.41 Å². The van der Waals surface area contributed by atoms with Crippen molar-refractivity contribution in [2.75, 3.05) is 5.73 Å². The molecule has 2 aromatic rings. The minimum Gasteiger partial charge on any atom is -0.456 e. The van der Waals surface area contributed by atoms with Crippen LogP contribution in [0.25, 0.3) is 0 Å². The summed E-state index contributed by atoms with van der Waals surface area (Å²) in [4.78, 5) is 11.9. The summed E-state index contributed by atoms with van der Waals surface area (Å²) < 4.78 is 5.78. The van der Waals surface area contributed by atoms with Crippen molar-refractivity contribution in [2.45, 2.75) is 27.3 Å². The van der Waals surface area contributed by atoms with Gasteiger partial charge < -0.3 is 15.8 Å². The topological polar surface area (TPSA) is 64.3 Å². The number of nitrogen functional groups attached to an aromatic ring is 1. The standard InChI is InChI=1S/C18H21ClN2O2/c1-18(2,3)17(22)21-11-12-5-4-6-14(9-12)23-16-8-7-13(20)10-15(16)19/h4-10H,11,20H2,1-3H3,(H,21,22). The summed E-state index contributed by atoms with van der Waals surface area (Å²) in [5, 5.41) is 3.37. The summed E-state index contributed by atoms with van der Waals surface area (Å²) in [6, 6.07) is 12.6. The highest BCUT2D eigenvalue weighted by Crippen LogP contribution is 2.31. The minimum absolute atomic E-state index is 0.00500. The number of halogens is 1. The molecule has 0 aliphatic rings. The van der Waals surface area contributed by atoms with Gasteiger partial charge in [0.15, 0.2) is 0 Å². The Hall–Kier alpha value is -2.20. The Labute approximate surface area is 141 Å². The van der Waals surface area contributed by atoms with Crippen molar-refractivity contribution in [1.29, 1.82) is 0 Å². The molecule has 0 aliphatic heterocycles. The molecule has 2 rings (SSSR count). The van der Waals surface area contributed by atoms with Crippen molar-refractivity contribution in [3.8, 4) is 11.5 Å². The average Bonchev–Trinajstić information content (AvgIpc) is 2.47. The fourth-order valence-electron chi connectivity index (χ4n) is 1.89. The lowest BCUT2D eigenvalue weighted by Crippen LogP contribution is -2.34. The Morgan fingerprint density at radius 1 is 1.22 bits per heavy atom. The molecule has 0 saturated heterocycles. The third-order valence-electron chi connectivity index (χ3n) is 3.22. The van der Waals surface area contributed by atoms with E-state index in [0.29, 0.717) is 28.8 Å². The van der Waals surface area contributed by atoms with Gasteiger partial charge in [0.25, 0.3) is 0 Å². The maximum atomic E-state index is 11.9. The summed E-state index contributed by atoms with van der Waals surface area (Å²) in [6.07, 6.45) is 0. The van der Waals surface area contributed by atoms with Crippen LogP contribution in [0.4, 0.5) is 5.69 Å². The summed E-state index contributed by atoms with van der Waals surface area (Å²) in [5.74, 6) is 1.20. The van der Waals surface area contributed by atoms with Crippen LogP contribution in [0.5, 0.6) is 11.5 Å². The molecule has 0 heterocycles.